The first-order valence-electron chi connectivity index (χ1n) is 6.09. The fourth-order valence-corrected chi connectivity index (χ4v) is 2.42. The van der Waals surface area contributed by atoms with E-state index in [2.05, 4.69) is 15.9 Å². The van der Waals surface area contributed by atoms with Crippen LogP contribution >= 0.6 is 15.9 Å². The van der Waals surface area contributed by atoms with E-state index < -0.39 is 0 Å². The molecule has 2 rings (SSSR count). The molecule has 0 aliphatic rings. The highest BCUT2D eigenvalue weighted by molar-refractivity contribution is 9.10. The molecule has 1 nitrogen and oxygen atoms in total. The molecule has 0 saturated heterocycles. The Bertz CT molecular complexity index is 581. The standard InChI is InChI=1S/C16H14BrFO/c1-11(12-5-3-2-4-6-12)16(19)9-13-7-8-14(18)10-15(13)17/h2-8,10-11H,9H2,1H3. The summed E-state index contributed by atoms with van der Waals surface area (Å²) >= 11 is 3.29. The number of hydrogen-bond acceptors (Lipinski definition) is 1. The van der Waals surface area contributed by atoms with E-state index >= 15 is 0 Å². The number of ketones is 1. The minimum atomic E-state index is -0.306. The van der Waals surface area contributed by atoms with Gasteiger partial charge in [-0.3, -0.25) is 4.79 Å². The average Bonchev–Trinajstić information content (AvgIpc) is 2.42. The van der Waals surface area contributed by atoms with E-state index in [4.69, 9.17) is 0 Å². The van der Waals surface area contributed by atoms with Gasteiger partial charge in [0.25, 0.3) is 0 Å². The number of benzene rings is 2. The minimum absolute atomic E-state index is 0.124. The highest BCUT2D eigenvalue weighted by Crippen LogP contribution is 2.22. The van der Waals surface area contributed by atoms with E-state index in [1.165, 1.54) is 12.1 Å². The Morgan fingerprint density at radius 1 is 1.21 bits per heavy atom. The SMILES string of the molecule is CC(C(=O)Cc1ccc(F)cc1Br)c1ccccc1. The molecule has 0 aliphatic heterocycles. The monoisotopic (exact) mass is 320 g/mol. The second-order valence-electron chi connectivity index (χ2n) is 4.51. The van der Waals surface area contributed by atoms with Crippen molar-refractivity contribution in [3.8, 4) is 0 Å². The van der Waals surface area contributed by atoms with E-state index in [0.29, 0.717) is 10.9 Å². The van der Waals surface area contributed by atoms with E-state index in [9.17, 15) is 9.18 Å². The van der Waals surface area contributed by atoms with E-state index in [0.717, 1.165) is 11.1 Å². The summed E-state index contributed by atoms with van der Waals surface area (Å²) in [6.45, 7) is 1.90. The van der Waals surface area contributed by atoms with Crippen LogP contribution in [0.15, 0.2) is 53.0 Å². The quantitative estimate of drug-likeness (QED) is 0.810. The van der Waals surface area contributed by atoms with Crippen LogP contribution in [-0.2, 0) is 11.2 Å². The summed E-state index contributed by atoms with van der Waals surface area (Å²) in [5.74, 6) is -0.337. The van der Waals surface area contributed by atoms with Crippen molar-refractivity contribution in [1.82, 2.24) is 0 Å². The van der Waals surface area contributed by atoms with Crippen LogP contribution in [0.2, 0.25) is 0 Å². The molecule has 0 spiro atoms. The Morgan fingerprint density at radius 2 is 1.89 bits per heavy atom. The van der Waals surface area contributed by atoms with Gasteiger partial charge >= 0.3 is 0 Å². The normalized spacial score (nSPS) is 12.2. The molecule has 0 bridgehead atoms. The van der Waals surface area contributed by atoms with Crippen LogP contribution in [0.3, 0.4) is 0 Å². The van der Waals surface area contributed by atoms with Crippen molar-refractivity contribution in [2.24, 2.45) is 0 Å². The third-order valence-corrected chi connectivity index (χ3v) is 3.90. The van der Waals surface area contributed by atoms with Crippen LogP contribution in [0.5, 0.6) is 0 Å². The third kappa shape index (κ3) is 3.51. The van der Waals surface area contributed by atoms with Crippen LogP contribution < -0.4 is 0 Å². The van der Waals surface area contributed by atoms with Gasteiger partial charge in [-0.15, -0.1) is 0 Å². The predicted molar refractivity (Wildman–Crippen MR) is 77.7 cm³/mol. The Hall–Kier alpha value is -1.48. The van der Waals surface area contributed by atoms with Crippen molar-refractivity contribution < 1.29 is 9.18 Å². The van der Waals surface area contributed by atoms with Crippen molar-refractivity contribution in [2.45, 2.75) is 19.3 Å². The molecular weight excluding hydrogens is 307 g/mol. The van der Waals surface area contributed by atoms with Crippen LogP contribution in [0.4, 0.5) is 4.39 Å². The Kier molecular flexibility index (Phi) is 4.48. The second kappa shape index (κ2) is 6.11. The van der Waals surface area contributed by atoms with Crippen LogP contribution in [0.1, 0.15) is 24.0 Å². The summed E-state index contributed by atoms with van der Waals surface area (Å²) in [5.41, 5.74) is 1.82. The summed E-state index contributed by atoms with van der Waals surface area (Å²) in [7, 11) is 0. The molecule has 0 N–H and O–H groups in total. The molecule has 2 aromatic rings. The van der Waals surface area contributed by atoms with Crippen molar-refractivity contribution >= 4 is 21.7 Å². The highest BCUT2D eigenvalue weighted by Gasteiger charge is 2.16. The van der Waals surface area contributed by atoms with Gasteiger partial charge in [0, 0.05) is 16.8 Å². The third-order valence-electron chi connectivity index (χ3n) is 3.16. The molecule has 0 aromatic heterocycles. The number of carbonyl (C=O) groups excluding carboxylic acids is 1. The zero-order valence-electron chi connectivity index (χ0n) is 10.6. The first kappa shape index (κ1) is 13.9. The molecule has 98 valence electrons. The fourth-order valence-electron chi connectivity index (χ4n) is 1.93. The minimum Gasteiger partial charge on any atom is -0.299 e. The molecule has 19 heavy (non-hydrogen) atoms. The van der Waals surface area contributed by atoms with E-state index in [1.54, 1.807) is 6.07 Å². The predicted octanol–water partition coefficient (Wildman–Crippen LogP) is 4.50. The average molecular weight is 321 g/mol. The molecular formula is C16H14BrFO. The second-order valence-corrected chi connectivity index (χ2v) is 5.37. The number of halogens is 2. The van der Waals surface area contributed by atoms with Crippen molar-refractivity contribution in [3.05, 3.63) is 69.9 Å². The molecule has 0 radical (unpaired) electrons. The van der Waals surface area contributed by atoms with Crippen LogP contribution in [-0.4, -0.2) is 5.78 Å². The van der Waals surface area contributed by atoms with Crippen LogP contribution in [0, 0.1) is 5.82 Å². The number of Topliss-reactive ketones (excluding diaryl/α,β-unsaturated/α-hetero) is 1. The topological polar surface area (TPSA) is 17.1 Å². The largest absolute Gasteiger partial charge is 0.299 e. The van der Waals surface area contributed by atoms with Gasteiger partial charge in [0.1, 0.15) is 11.6 Å². The summed E-state index contributed by atoms with van der Waals surface area (Å²) in [5, 5.41) is 0. The molecule has 0 amide bonds. The summed E-state index contributed by atoms with van der Waals surface area (Å²) in [4.78, 5) is 12.2. The molecule has 0 saturated carbocycles. The van der Waals surface area contributed by atoms with Gasteiger partial charge in [-0.25, -0.2) is 4.39 Å². The number of hydrogen-bond donors (Lipinski definition) is 0. The molecule has 2 aromatic carbocycles. The summed E-state index contributed by atoms with van der Waals surface area (Å²) in [6.07, 6.45) is 0.303. The van der Waals surface area contributed by atoms with Gasteiger partial charge in [0.05, 0.1) is 0 Å². The van der Waals surface area contributed by atoms with Gasteiger partial charge in [-0.2, -0.15) is 0 Å². The smallest absolute Gasteiger partial charge is 0.144 e. The van der Waals surface area contributed by atoms with Crippen molar-refractivity contribution in [1.29, 1.82) is 0 Å². The van der Waals surface area contributed by atoms with Gasteiger partial charge in [0.2, 0.25) is 0 Å². The van der Waals surface area contributed by atoms with Gasteiger partial charge in [0.15, 0.2) is 0 Å². The van der Waals surface area contributed by atoms with Crippen molar-refractivity contribution in [3.63, 3.8) is 0 Å². The molecule has 0 fully saturated rings. The molecule has 1 unspecified atom stereocenters. The van der Waals surface area contributed by atoms with Gasteiger partial charge in [-0.05, 0) is 23.3 Å². The van der Waals surface area contributed by atoms with E-state index in [-0.39, 0.29) is 17.5 Å². The maximum atomic E-state index is 13.0. The zero-order valence-corrected chi connectivity index (χ0v) is 12.2. The van der Waals surface area contributed by atoms with E-state index in [1.807, 2.05) is 37.3 Å². The number of carbonyl (C=O) groups is 1. The Labute approximate surface area is 120 Å². The first-order valence-corrected chi connectivity index (χ1v) is 6.89. The lowest BCUT2D eigenvalue weighted by Crippen LogP contribution is -2.12. The molecule has 0 aliphatic carbocycles. The van der Waals surface area contributed by atoms with Crippen molar-refractivity contribution in [2.75, 3.05) is 0 Å². The molecule has 0 heterocycles. The maximum Gasteiger partial charge on any atom is 0.144 e. The lowest BCUT2D eigenvalue weighted by atomic mass is 9.93. The van der Waals surface area contributed by atoms with Gasteiger partial charge < -0.3 is 0 Å². The number of rotatable bonds is 4. The van der Waals surface area contributed by atoms with Gasteiger partial charge in [-0.1, -0.05) is 59.3 Å². The maximum absolute atomic E-state index is 13.0. The highest BCUT2D eigenvalue weighted by atomic mass is 79.9. The zero-order chi connectivity index (χ0) is 13.8. The first-order chi connectivity index (χ1) is 9.08. The lowest BCUT2D eigenvalue weighted by molar-refractivity contribution is -0.119. The Morgan fingerprint density at radius 3 is 2.53 bits per heavy atom. The molecule has 1 atom stereocenters. The molecule has 3 heteroatoms. The summed E-state index contributed by atoms with van der Waals surface area (Å²) < 4.78 is 13.6. The lowest BCUT2D eigenvalue weighted by Gasteiger charge is -2.11. The Balaban J connectivity index is 2.13. The fraction of sp³-hybridized carbons (Fsp3) is 0.188. The van der Waals surface area contributed by atoms with Crippen LogP contribution in [0.25, 0.3) is 0 Å². The summed E-state index contributed by atoms with van der Waals surface area (Å²) in [6, 6.07) is 14.1.